The van der Waals surface area contributed by atoms with E-state index in [0.717, 1.165) is 53.0 Å². The highest BCUT2D eigenvalue weighted by atomic mass is 16.5. The number of rotatable bonds is 5. The van der Waals surface area contributed by atoms with Gasteiger partial charge in [-0.25, -0.2) is 9.97 Å². The van der Waals surface area contributed by atoms with Crippen molar-refractivity contribution in [1.29, 1.82) is 0 Å². The van der Waals surface area contributed by atoms with Crippen LogP contribution in [0.2, 0.25) is 0 Å². The third kappa shape index (κ3) is 3.76. The normalized spacial score (nSPS) is 20.6. The summed E-state index contributed by atoms with van der Waals surface area (Å²) in [7, 11) is 3.65. The lowest BCUT2D eigenvalue weighted by Crippen LogP contribution is -2.50. The maximum Gasteiger partial charge on any atom is 0.254 e. The first-order valence-corrected chi connectivity index (χ1v) is 12.5. The molecule has 1 amide bonds. The van der Waals surface area contributed by atoms with Crippen LogP contribution in [0.4, 0.5) is 0 Å². The molecule has 2 aliphatic rings. The zero-order valence-electron chi connectivity index (χ0n) is 20.6. The number of nitrogens with zero attached hydrogens (tertiary/aromatic N) is 5. The predicted molar refractivity (Wildman–Crippen MR) is 136 cm³/mol. The summed E-state index contributed by atoms with van der Waals surface area (Å²) in [6.07, 6.45) is 6.22. The second kappa shape index (κ2) is 8.37. The number of methoxy groups -OCH3 is 1. The molecule has 0 spiro atoms. The standard InChI is InChI=1S/C27H32N6O2/c1-16-6-9-20(28)15-32(16)27(34)19-11-21-24(23(13-19)35-3)31(2)26(30-21)22-12-18-5-4-10-29-25(18)33(22)14-17-7-8-17/h4-5,10-13,16-17,20H,6-9,14-15,28H2,1-3H3/t16-,20-/m1/s1. The Morgan fingerprint density at radius 2 is 2.03 bits per heavy atom. The monoisotopic (exact) mass is 472 g/mol. The van der Waals surface area contributed by atoms with Gasteiger partial charge >= 0.3 is 0 Å². The van der Waals surface area contributed by atoms with Gasteiger partial charge in [-0.3, -0.25) is 4.79 Å². The van der Waals surface area contributed by atoms with E-state index in [0.29, 0.717) is 23.8 Å². The molecule has 182 valence electrons. The topological polar surface area (TPSA) is 91.2 Å². The number of carbonyl (C=O) groups excluding carboxylic acids is 1. The van der Waals surface area contributed by atoms with Crippen LogP contribution in [0.5, 0.6) is 5.75 Å². The molecule has 8 heteroatoms. The smallest absolute Gasteiger partial charge is 0.254 e. The van der Waals surface area contributed by atoms with Gasteiger partial charge in [0.15, 0.2) is 5.82 Å². The maximum absolute atomic E-state index is 13.5. The number of carbonyl (C=O) groups is 1. The summed E-state index contributed by atoms with van der Waals surface area (Å²) < 4.78 is 10.1. The Morgan fingerprint density at radius 3 is 2.80 bits per heavy atom. The minimum Gasteiger partial charge on any atom is -0.494 e. The molecule has 3 aromatic heterocycles. The van der Waals surface area contributed by atoms with Crippen LogP contribution in [0.25, 0.3) is 33.6 Å². The number of aryl methyl sites for hydroxylation is 1. The Hall–Kier alpha value is -3.39. The van der Waals surface area contributed by atoms with Crippen molar-refractivity contribution in [3.05, 3.63) is 42.1 Å². The maximum atomic E-state index is 13.5. The van der Waals surface area contributed by atoms with Crippen molar-refractivity contribution in [2.24, 2.45) is 18.7 Å². The van der Waals surface area contributed by atoms with Crippen LogP contribution < -0.4 is 10.5 Å². The largest absolute Gasteiger partial charge is 0.494 e. The summed E-state index contributed by atoms with van der Waals surface area (Å²) in [6, 6.07) is 10.1. The molecule has 1 aromatic carbocycles. The van der Waals surface area contributed by atoms with E-state index in [2.05, 4.69) is 33.2 Å². The summed E-state index contributed by atoms with van der Waals surface area (Å²) in [5.41, 5.74) is 10.4. The van der Waals surface area contributed by atoms with Gasteiger partial charge in [0.2, 0.25) is 0 Å². The van der Waals surface area contributed by atoms with Gasteiger partial charge in [0.25, 0.3) is 5.91 Å². The number of piperidine rings is 1. The molecule has 1 saturated heterocycles. The number of imidazole rings is 1. The van der Waals surface area contributed by atoms with E-state index in [1.54, 1.807) is 7.11 Å². The van der Waals surface area contributed by atoms with Crippen LogP contribution in [0.1, 0.15) is 43.0 Å². The minimum atomic E-state index is -0.0212. The van der Waals surface area contributed by atoms with Crippen LogP contribution in [0.3, 0.4) is 0 Å². The Kier molecular flexibility index (Phi) is 5.29. The van der Waals surface area contributed by atoms with Gasteiger partial charge in [-0.2, -0.15) is 0 Å². The highest BCUT2D eigenvalue weighted by molar-refractivity contribution is 6.00. The molecule has 35 heavy (non-hydrogen) atoms. The Balaban J connectivity index is 1.47. The van der Waals surface area contributed by atoms with Gasteiger partial charge in [0.1, 0.15) is 16.9 Å². The van der Waals surface area contributed by atoms with Gasteiger partial charge in [0.05, 0.1) is 18.3 Å². The highest BCUT2D eigenvalue weighted by Crippen LogP contribution is 2.37. The molecule has 2 N–H and O–H groups in total. The van der Waals surface area contributed by atoms with Gasteiger partial charge in [-0.05, 0) is 68.9 Å². The molecule has 6 rings (SSSR count). The number of likely N-dealkylation sites (tertiary alicyclic amines) is 1. The molecule has 1 aliphatic heterocycles. The first-order chi connectivity index (χ1) is 16.9. The molecule has 4 heterocycles. The van der Waals surface area contributed by atoms with Crippen LogP contribution >= 0.6 is 0 Å². The summed E-state index contributed by atoms with van der Waals surface area (Å²) in [4.78, 5) is 25.1. The van der Waals surface area contributed by atoms with E-state index < -0.39 is 0 Å². The summed E-state index contributed by atoms with van der Waals surface area (Å²) >= 11 is 0. The fraction of sp³-hybridized carbons (Fsp3) is 0.444. The number of nitrogens with two attached hydrogens (primary N) is 1. The van der Waals surface area contributed by atoms with E-state index in [-0.39, 0.29) is 18.0 Å². The predicted octanol–water partition coefficient (Wildman–Crippen LogP) is 3.96. The van der Waals surface area contributed by atoms with E-state index in [1.165, 1.54) is 12.8 Å². The minimum absolute atomic E-state index is 0.0178. The zero-order chi connectivity index (χ0) is 24.3. The number of hydrogen-bond acceptors (Lipinski definition) is 5. The van der Waals surface area contributed by atoms with E-state index in [4.69, 9.17) is 15.5 Å². The number of hydrogen-bond donors (Lipinski definition) is 1. The molecule has 1 aliphatic carbocycles. The third-order valence-corrected chi connectivity index (χ3v) is 7.60. The second-order valence-corrected chi connectivity index (χ2v) is 10.2. The number of aromatic nitrogens is 4. The number of amides is 1. The van der Waals surface area contributed by atoms with E-state index in [9.17, 15) is 4.79 Å². The molecule has 0 bridgehead atoms. The van der Waals surface area contributed by atoms with Crippen LogP contribution in [0.15, 0.2) is 36.5 Å². The number of benzene rings is 1. The first kappa shape index (κ1) is 22.1. The zero-order valence-corrected chi connectivity index (χ0v) is 20.6. The molecule has 4 aromatic rings. The third-order valence-electron chi connectivity index (χ3n) is 7.60. The van der Waals surface area contributed by atoms with Gasteiger partial charge in [0, 0.05) is 49.4 Å². The fourth-order valence-corrected chi connectivity index (χ4v) is 5.42. The SMILES string of the molecule is COc1cc(C(=O)N2C[C@H](N)CC[C@H]2C)cc2nc(-c3cc4cccnc4n3CC3CC3)n(C)c12. The van der Waals surface area contributed by atoms with Crippen molar-refractivity contribution in [1.82, 2.24) is 24.0 Å². The molecule has 8 nitrogen and oxygen atoms in total. The van der Waals surface area contributed by atoms with Crippen LogP contribution in [-0.4, -0.2) is 55.6 Å². The summed E-state index contributed by atoms with van der Waals surface area (Å²) in [6.45, 7) is 3.60. The molecule has 2 atom stereocenters. The molecule has 2 fully saturated rings. The van der Waals surface area contributed by atoms with Crippen molar-refractivity contribution < 1.29 is 9.53 Å². The Morgan fingerprint density at radius 1 is 1.20 bits per heavy atom. The fourth-order valence-electron chi connectivity index (χ4n) is 5.42. The van der Waals surface area contributed by atoms with E-state index in [1.807, 2.05) is 36.3 Å². The summed E-state index contributed by atoms with van der Waals surface area (Å²) in [5.74, 6) is 2.16. The van der Waals surface area contributed by atoms with Crippen LogP contribution in [-0.2, 0) is 13.6 Å². The van der Waals surface area contributed by atoms with Crippen molar-refractivity contribution in [2.45, 2.75) is 51.2 Å². The van der Waals surface area contributed by atoms with Crippen LogP contribution in [0, 0.1) is 5.92 Å². The lowest BCUT2D eigenvalue weighted by molar-refractivity contribution is 0.0612. The molecule has 0 unspecified atom stereocenters. The van der Waals surface area contributed by atoms with E-state index >= 15 is 0 Å². The van der Waals surface area contributed by atoms with Crippen molar-refractivity contribution in [3.63, 3.8) is 0 Å². The molecule has 1 saturated carbocycles. The number of fused-ring (bicyclic) bond motifs is 2. The Bertz CT molecular complexity index is 1430. The molecular weight excluding hydrogens is 440 g/mol. The van der Waals surface area contributed by atoms with Crippen molar-refractivity contribution >= 4 is 28.0 Å². The van der Waals surface area contributed by atoms with Gasteiger partial charge in [-0.15, -0.1) is 0 Å². The number of pyridine rings is 1. The first-order valence-electron chi connectivity index (χ1n) is 12.5. The van der Waals surface area contributed by atoms with Gasteiger partial charge < -0.3 is 24.5 Å². The Labute approximate surface area is 204 Å². The lowest BCUT2D eigenvalue weighted by Gasteiger charge is -2.36. The average molecular weight is 473 g/mol. The quantitative estimate of drug-likeness (QED) is 0.475. The average Bonchev–Trinajstić information content (AvgIpc) is 3.53. The summed E-state index contributed by atoms with van der Waals surface area (Å²) in [5, 5.41) is 1.11. The van der Waals surface area contributed by atoms with Gasteiger partial charge in [-0.1, -0.05) is 0 Å². The molecular formula is C27H32N6O2. The van der Waals surface area contributed by atoms with Crippen molar-refractivity contribution in [2.75, 3.05) is 13.7 Å². The number of ether oxygens (including phenoxy) is 1. The molecule has 0 radical (unpaired) electrons. The second-order valence-electron chi connectivity index (χ2n) is 10.2. The van der Waals surface area contributed by atoms with Crippen molar-refractivity contribution in [3.8, 4) is 17.3 Å². The highest BCUT2D eigenvalue weighted by Gasteiger charge is 2.30. The lowest BCUT2D eigenvalue weighted by atomic mass is 9.99.